The molecule has 0 aliphatic carbocycles. The van der Waals surface area contributed by atoms with Gasteiger partial charge in [0.25, 0.3) is 0 Å². The molecule has 2 rings (SSSR count). The molecule has 0 heterocycles. The molecular formula is C25H26F6O6. The van der Waals surface area contributed by atoms with Gasteiger partial charge in [-0.2, -0.15) is 26.3 Å². The molecule has 0 saturated heterocycles. The number of hydrogen-bond donors (Lipinski definition) is 0. The summed E-state index contributed by atoms with van der Waals surface area (Å²) in [6, 6.07) is 8.66. The molecule has 0 bridgehead atoms. The highest BCUT2D eigenvalue weighted by Crippen LogP contribution is 2.28. The molecule has 12 heteroatoms. The largest absolute Gasteiger partial charge is 0.493 e. The van der Waals surface area contributed by atoms with Gasteiger partial charge in [-0.1, -0.05) is 18.2 Å². The summed E-state index contributed by atoms with van der Waals surface area (Å²) in [7, 11) is 1.10. The highest BCUT2D eigenvalue weighted by molar-refractivity contribution is 5.81. The Balaban J connectivity index is 2.06. The minimum Gasteiger partial charge on any atom is -0.493 e. The normalized spacial score (nSPS) is 12.6. The summed E-state index contributed by atoms with van der Waals surface area (Å²) in [4.78, 5) is 24.9. The van der Waals surface area contributed by atoms with E-state index in [1.807, 2.05) is 0 Å². The lowest BCUT2D eigenvalue weighted by atomic mass is 10.1. The maximum Gasteiger partial charge on any atom is 0.392 e. The molecule has 0 N–H and O–H groups in total. The van der Waals surface area contributed by atoms with Crippen LogP contribution in [0.2, 0.25) is 0 Å². The van der Waals surface area contributed by atoms with Gasteiger partial charge >= 0.3 is 24.3 Å². The van der Waals surface area contributed by atoms with Gasteiger partial charge in [-0.25, -0.2) is 4.79 Å². The zero-order chi connectivity index (χ0) is 27.8. The topological polar surface area (TPSA) is 71.1 Å². The van der Waals surface area contributed by atoms with Crippen LogP contribution in [0, 0.1) is 13.8 Å². The molecule has 0 spiro atoms. The van der Waals surface area contributed by atoms with Crippen LogP contribution in [0.5, 0.6) is 11.5 Å². The maximum atomic E-state index is 12.6. The second kappa shape index (κ2) is 12.7. The third kappa shape index (κ3) is 10.2. The summed E-state index contributed by atoms with van der Waals surface area (Å²) in [6.07, 6.45) is -12.6. The molecular weight excluding hydrogens is 510 g/mol. The van der Waals surface area contributed by atoms with Crippen molar-refractivity contribution in [3.63, 3.8) is 0 Å². The lowest BCUT2D eigenvalue weighted by molar-refractivity contribution is -0.166. The highest BCUT2D eigenvalue weighted by atomic mass is 19.4. The fourth-order valence-corrected chi connectivity index (χ4v) is 3.23. The number of ether oxygens (including phenoxy) is 4. The van der Waals surface area contributed by atoms with Crippen molar-refractivity contribution in [3.8, 4) is 11.5 Å². The molecule has 1 unspecified atom stereocenters. The molecule has 2 aromatic carbocycles. The summed E-state index contributed by atoms with van der Waals surface area (Å²) in [5, 5.41) is 0. The predicted molar refractivity (Wildman–Crippen MR) is 119 cm³/mol. The number of aryl methyl sites for hydroxylation is 2. The molecule has 0 aliphatic rings. The van der Waals surface area contributed by atoms with Gasteiger partial charge in [0, 0.05) is 5.56 Å². The zero-order valence-electron chi connectivity index (χ0n) is 20.3. The second-order valence-electron chi connectivity index (χ2n) is 8.12. The predicted octanol–water partition coefficient (Wildman–Crippen LogP) is 5.97. The van der Waals surface area contributed by atoms with E-state index in [-0.39, 0.29) is 23.5 Å². The average molecular weight is 536 g/mol. The fraction of sp³-hybridized carbons (Fsp3) is 0.440. The fourth-order valence-electron chi connectivity index (χ4n) is 3.23. The minimum absolute atomic E-state index is 0.177. The van der Waals surface area contributed by atoms with Gasteiger partial charge in [0.1, 0.15) is 11.5 Å². The molecule has 0 radical (unpaired) electrons. The molecule has 2 aromatic rings. The molecule has 1 atom stereocenters. The number of hydrogen-bond acceptors (Lipinski definition) is 6. The molecule has 0 aromatic heterocycles. The molecule has 0 saturated carbocycles. The molecule has 204 valence electrons. The molecule has 6 nitrogen and oxygen atoms in total. The van der Waals surface area contributed by atoms with Crippen molar-refractivity contribution in [2.75, 3.05) is 20.3 Å². The van der Waals surface area contributed by atoms with Crippen molar-refractivity contribution in [2.24, 2.45) is 0 Å². The zero-order valence-corrected chi connectivity index (χ0v) is 20.3. The van der Waals surface area contributed by atoms with Gasteiger partial charge in [-0.3, -0.25) is 4.79 Å². The Morgan fingerprint density at radius 3 is 1.78 bits per heavy atom. The molecule has 0 amide bonds. The van der Waals surface area contributed by atoms with E-state index >= 15 is 0 Å². The van der Waals surface area contributed by atoms with E-state index in [4.69, 9.17) is 18.9 Å². The Morgan fingerprint density at radius 2 is 1.32 bits per heavy atom. The third-order valence-electron chi connectivity index (χ3n) is 5.04. The lowest BCUT2D eigenvalue weighted by Crippen LogP contribution is -2.22. The Bertz CT molecular complexity index is 1080. The van der Waals surface area contributed by atoms with Crippen LogP contribution in [0.3, 0.4) is 0 Å². The van der Waals surface area contributed by atoms with Crippen LogP contribution < -0.4 is 9.47 Å². The number of benzene rings is 2. The number of halogens is 6. The second-order valence-corrected chi connectivity index (χ2v) is 8.12. The summed E-state index contributed by atoms with van der Waals surface area (Å²) in [6.45, 7) is 2.04. The van der Waals surface area contributed by atoms with Crippen molar-refractivity contribution in [1.82, 2.24) is 0 Å². The number of carbonyl (C=O) groups excluding carboxylic acids is 2. The summed E-state index contributed by atoms with van der Waals surface area (Å²) < 4.78 is 94.2. The van der Waals surface area contributed by atoms with Crippen molar-refractivity contribution in [3.05, 3.63) is 58.7 Å². The van der Waals surface area contributed by atoms with E-state index in [2.05, 4.69) is 0 Å². The first-order valence-corrected chi connectivity index (χ1v) is 11.0. The molecule has 0 fully saturated rings. The van der Waals surface area contributed by atoms with Crippen molar-refractivity contribution < 1.29 is 54.9 Å². The monoisotopic (exact) mass is 536 g/mol. The van der Waals surface area contributed by atoms with Crippen LogP contribution in [-0.4, -0.2) is 44.6 Å². The Morgan fingerprint density at radius 1 is 0.811 bits per heavy atom. The standard InChI is InChI=1S/C25H26F6O6/c1-15-12-17(4-6-19(15)35-10-8-24(26,27)28)14-21(32)37-22(23(33)34-3)18-5-7-20(16(2)13-18)36-11-9-25(29,30)31/h4-7,12-13,22H,8-11,14H2,1-3H3. The van der Waals surface area contributed by atoms with Gasteiger partial charge in [-0.05, 0) is 48.7 Å². The van der Waals surface area contributed by atoms with E-state index in [1.54, 1.807) is 19.9 Å². The van der Waals surface area contributed by atoms with E-state index in [0.717, 1.165) is 7.11 Å². The SMILES string of the molecule is COC(=O)C(OC(=O)Cc1ccc(OCCC(F)(F)F)c(C)c1)c1ccc(OCCC(F)(F)F)c(C)c1. The Labute approximate surface area is 209 Å². The summed E-state index contributed by atoms with van der Waals surface area (Å²) in [5.41, 5.74) is 1.62. The van der Waals surface area contributed by atoms with Crippen LogP contribution in [-0.2, 0) is 25.5 Å². The average Bonchev–Trinajstić information content (AvgIpc) is 2.78. The first-order valence-electron chi connectivity index (χ1n) is 11.0. The van der Waals surface area contributed by atoms with Gasteiger partial charge in [0.15, 0.2) is 0 Å². The van der Waals surface area contributed by atoms with Crippen LogP contribution in [0.15, 0.2) is 36.4 Å². The maximum absolute atomic E-state index is 12.6. The molecule has 37 heavy (non-hydrogen) atoms. The van der Waals surface area contributed by atoms with Crippen molar-refractivity contribution in [1.29, 1.82) is 0 Å². The van der Waals surface area contributed by atoms with Crippen LogP contribution in [0.4, 0.5) is 26.3 Å². The van der Waals surface area contributed by atoms with E-state index in [0.29, 0.717) is 16.7 Å². The van der Waals surface area contributed by atoms with Gasteiger partial charge < -0.3 is 18.9 Å². The van der Waals surface area contributed by atoms with Gasteiger partial charge in [0.2, 0.25) is 6.10 Å². The Kier molecular flexibility index (Phi) is 10.2. The van der Waals surface area contributed by atoms with Crippen LogP contribution in [0.1, 0.15) is 41.2 Å². The van der Waals surface area contributed by atoms with Crippen molar-refractivity contribution in [2.45, 2.75) is 51.6 Å². The number of esters is 2. The minimum atomic E-state index is -4.36. The van der Waals surface area contributed by atoms with Gasteiger partial charge in [0.05, 0.1) is 39.6 Å². The number of rotatable bonds is 11. The number of alkyl halides is 6. The quantitative estimate of drug-likeness (QED) is 0.261. The van der Waals surface area contributed by atoms with E-state index in [9.17, 15) is 35.9 Å². The number of carbonyl (C=O) groups is 2. The summed E-state index contributed by atoms with van der Waals surface area (Å²) in [5.74, 6) is -1.25. The van der Waals surface area contributed by atoms with E-state index < -0.39 is 56.5 Å². The first-order chi connectivity index (χ1) is 17.2. The highest BCUT2D eigenvalue weighted by Gasteiger charge is 2.29. The van der Waals surface area contributed by atoms with E-state index in [1.165, 1.54) is 30.3 Å². The van der Waals surface area contributed by atoms with Crippen molar-refractivity contribution >= 4 is 11.9 Å². The van der Waals surface area contributed by atoms with Crippen LogP contribution in [0.25, 0.3) is 0 Å². The summed E-state index contributed by atoms with van der Waals surface area (Å²) >= 11 is 0. The lowest BCUT2D eigenvalue weighted by Gasteiger charge is -2.18. The smallest absolute Gasteiger partial charge is 0.392 e. The van der Waals surface area contributed by atoms with Gasteiger partial charge in [-0.15, -0.1) is 0 Å². The van der Waals surface area contributed by atoms with Crippen LogP contribution >= 0.6 is 0 Å². The first kappa shape index (κ1) is 29.8. The molecule has 0 aliphatic heterocycles. The Hall–Kier alpha value is -3.44. The third-order valence-corrected chi connectivity index (χ3v) is 5.04. The number of methoxy groups -OCH3 is 1.